The van der Waals surface area contributed by atoms with E-state index in [1.165, 1.54) is 20.3 Å². The van der Waals surface area contributed by atoms with Crippen LogP contribution in [-0.2, 0) is 12.7 Å². The molecule has 1 atom stereocenters. The van der Waals surface area contributed by atoms with Crippen molar-refractivity contribution in [1.29, 1.82) is 0 Å². The van der Waals surface area contributed by atoms with Gasteiger partial charge in [-0.3, -0.25) is 0 Å². The number of benzene rings is 2. The predicted octanol–water partition coefficient (Wildman–Crippen LogP) is 5.23. The van der Waals surface area contributed by atoms with E-state index in [4.69, 9.17) is 21.1 Å². The van der Waals surface area contributed by atoms with Gasteiger partial charge in [0.25, 0.3) is 0 Å². The van der Waals surface area contributed by atoms with E-state index in [0.717, 1.165) is 17.7 Å². The van der Waals surface area contributed by atoms with Crippen molar-refractivity contribution in [3.63, 3.8) is 0 Å². The summed E-state index contributed by atoms with van der Waals surface area (Å²) < 4.78 is 48.9. The first-order valence-electron chi connectivity index (χ1n) is 7.57. The minimum atomic E-state index is -4.35. The highest BCUT2D eigenvalue weighted by atomic mass is 35.5. The molecule has 0 amide bonds. The quantitative estimate of drug-likeness (QED) is 0.752. The Bertz CT molecular complexity index is 735. The first-order chi connectivity index (χ1) is 11.8. The summed E-state index contributed by atoms with van der Waals surface area (Å²) in [6, 6.07) is 8.52. The number of ether oxygens (including phenoxy) is 2. The van der Waals surface area contributed by atoms with Crippen LogP contribution in [0.1, 0.15) is 29.7 Å². The van der Waals surface area contributed by atoms with Gasteiger partial charge in [0.1, 0.15) is 0 Å². The van der Waals surface area contributed by atoms with Crippen LogP contribution < -0.4 is 14.8 Å². The second kappa shape index (κ2) is 7.97. The van der Waals surface area contributed by atoms with Crippen molar-refractivity contribution in [3.8, 4) is 11.5 Å². The molecule has 0 heterocycles. The number of methoxy groups -OCH3 is 2. The van der Waals surface area contributed by atoms with E-state index in [-0.39, 0.29) is 6.04 Å². The number of hydrogen-bond donors (Lipinski definition) is 1. The zero-order valence-electron chi connectivity index (χ0n) is 14.1. The van der Waals surface area contributed by atoms with Gasteiger partial charge in [-0.05, 0) is 42.3 Å². The number of alkyl halides is 3. The smallest absolute Gasteiger partial charge is 0.416 e. The summed E-state index contributed by atoms with van der Waals surface area (Å²) in [6.45, 7) is 2.22. The summed E-state index contributed by atoms with van der Waals surface area (Å²) in [4.78, 5) is 0. The van der Waals surface area contributed by atoms with Gasteiger partial charge in [-0.2, -0.15) is 13.2 Å². The molecule has 0 radical (unpaired) electrons. The molecule has 0 aliphatic heterocycles. The molecule has 0 aliphatic rings. The first-order valence-corrected chi connectivity index (χ1v) is 7.95. The Hall–Kier alpha value is -1.92. The fraction of sp³-hybridized carbons (Fsp3) is 0.333. The zero-order chi connectivity index (χ0) is 18.6. The summed E-state index contributed by atoms with van der Waals surface area (Å²) in [6.07, 6.45) is -4.35. The Labute approximate surface area is 149 Å². The molecule has 0 fully saturated rings. The van der Waals surface area contributed by atoms with E-state index in [2.05, 4.69) is 5.32 Å². The standard InChI is InChI=1S/C18H19ClF3NO2/c1-11(13-5-4-6-14(9-13)18(20,21)22)23-10-12-7-15(19)17(25-3)16(8-12)24-2/h4-9,11,23H,10H2,1-3H3. The SMILES string of the molecule is COc1cc(CNC(C)c2cccc(C(F)(F)F)c2)cc(Cl)c1OC. The van der Waals surface area contributed by atoms with Crippen LogP contribution in [0.4, 0.5) is 13.2 Å². The van der Waals surface area contributed by atoms with E-state index < -0.39 is 11.7 Å². The average Bonchev–Trinajstić information content (AvgIpc) is 2.58. The number of halogens is 4. The molecule has 1 N–H and O–H groups in total. The highest BCUT2D eigenvalue weighted by Crippen LogP contribution is 2.36. The van der Waals surface area contributed by atoms with Crippen molar-refractivity contribution in [2.45, 2.75) is 25.7 Å². The molecule has 0 saturated carbocycles. The molecule has 2 aromatic rings. The van der Waals surface area contributed by atoms with Gasteiger partial charge in [0.15, 0.2) is 11.5 Å². The van der Waals surface area contributed by atoms with Crippen molar-refractivity contribution in [1.82, 2.24) is 5.32 Å². The third kappa shape index (κ3) is 4.80. The summed E-state index contributed by atoms with van der Waals surface area (Å²) in [5.74, 6) is 0.942. The molecule has 25 heavy (non-hydrogen) atoms. The third-order valence-corrected chi connectivity index (χ3v) is 4.10. The van der Waals surface area contributed by atoms with Gasteiger partial charge in [-0.25, -0.2) is 0 Å². The van der Waals surface area contributed by atoms with Crippen LogP contribution in [-0.4, -0.2) is 14.2 Å². The maximum Gasteiger partial charge on any atom is 0.416 e. The van der Waals surface area contributed by atoms with Gasteiger partial charge >= 0.3 is 6.18 Å². The van der Waals surface area contributed by atoms with Crippen LogP contribution in [0.15, 0.2) is 36.4 Å². The monoisotopic (exact) mass is 373 g/mol. The fourth-order valence-electron chi connectivity index (χ4n) is 2.45. The Balaban J connectivity index is 2.12. The van der Waals surface area contributed by atoms with E-state index in [1.807, 2.05) is 0 Å². The molecule has 0 saturated heterocycles. The molecular weight excluding hydrogens is 355 g/mol. The van der Waals surface area contributed by atoms with Crippen molar-refractivity contribution < 1.29 is 22.6 Å². The average molecular weight is 374 g/mol. The second-order valence-corrected chi connectivity index (χ2v) is 5.95. The van der Waals surface area contributed by atoms with Crippen molar-refractivity contribution in [2.75, 3.05) is 14.2 Å². The van der Waals surface area contributed by atoms with Crippen molar-refractivity contribution in [3.05, 3.63) is 58.1 Å². The molecule has 136 valence electrons. The number of rotatable bonds is 6. The van der Waals surface area contributed by atoms with Crippen LogP contribution in [0.3, 0.4) is 0 Å². The first kappa shape index (κ1) is 19.4. The van der Waals surface area contributed by atoms with E-state index in [9.17, 15) is 13.2 Å². The Morgan fingerprint density at radius 2 is 1.84 bits per heavy atom. The van der Waals surface area contributed by atoms with Crippen LogP contribution in [0.5, 0.6) is 11.5 Å². The molecule has 1 unspecified atom stereocenters. The van der Waals surface area contributed by atoms with Gasteiger partial charge in [0.2, 0.25) is 0 Å². The third-order valence-electron chi connectivity index (χ3n) is 3.82. The normalized spacial score (nSPS) is 12.8. The van der Waals surface area contributed by atoms with E-state index in [0.29, 0.717) is 28.6 Å². The molecule has 2 aromatic carbocycles. The Morgan fingerprint density at radius 1 is 1.12 bits per heavy atom. The predicted molar refractivity (Wildman–Crippen MR) is 91.3 cm³/mol. The number of hydrogen-bond acceptors (Lipinski definition) is 3. The van der Waals surface area contributed by atoms with Crippen molar-refractivity contribution >= 4 is 11.6 Å². The maximum absolute atomic E-state index is 12.8. The van der Waals surface area contributed by atoms with Crippen LogP contribution in [0.2, 0.25) is 5.02 Å². The lowest BCUT2D eigenvalue weighted by molar-refractivity contribution is -0.137. The van der Waals surface area contributed by atoms with Crippen LogP contribution >= 0.6 is 11.6 Å². The zero-order valence-corrected chi connectivity index (χ0v) is 14.8. The molecule has 2 rings (SSSR count). The summed E-state index contributed by atoms with van der Waals surface area (Å²) in [5, 5.41) is 3.60. The van der Waals surface area contributed by atoms with Gasteiger partial charge in [-0.1, -0.05) is 23.7 Å². The highest BCUT2D eigenvalue weighted by Gasteiger charge is 2.30. The molecule has 0 bridgehead atoms. The summed E-state index contributed by atoms with van der Waals surface area (Å²) in [5.41, 5.74) is 0.732. The second-order valence-electron chi connectivity index (χ2n) is 5.54. The minimum absolute atomic E-state index is 0.269. The van der Waals surface area contributed by atoms with Crippen LogP contribution in [0, 0.1) is 0 Å². The lowest BCUT2D eigenvalue weighted by Crippen LogP contribution is -2.19. The molecule has 3 nitrogen and oxygen atoms in total. The van der Waals surface area contributed by atoms with E-state index >= 15 is 0 Å². The molecule has 0 spiro atoms. The Morgan fingerprint density at radius 3 is 2.44 bits per heavy atom. The molecular formula is C18H19ClF3NO2. The van der Waals surface area contributed by atoms with Gasteiger partial charge in [0.05, 0.1) is 24.8 Å². The van der Waals surface area contributed by atoms with Gasteiger partial charge in [0, 0.05) is 12.6 Å². The lowest BCUT2D eigenvalue weighted by Gasteiger charge is -2.17. The summed E-state index contributed by atoms with van der Waals surface area (Å²) in [7, 11) is 3.01. The number of nitrogens with one attached hydrogen (secondary N) is 1. The van der Waals surface area contributed by atoms with Crippen LogP contribution in [0.25, 0.3) is 0 Å². The fourth-order valence-corrected chi connectivity index (χ4v) is 2.76. The topological polar surface area (TPSA) is 30.5 Å². The molecule has 7 heteroatoms. The van der Waals surface area contributed by atoms with Crippen molar-refractivity contribution in [2.24, 2.45) is 0 Å². The van der Waals surface area contributed by atoms with Gasteiger partial charge < -0.3 is 14.8 Å². The summed E-state index contributed by atoms with van der Waals surface area (Å²) >= 11 is 6.16. The lowest BCUT2D eigenvalue weighted by atomic mass is 10.0. The maximum atomic E-state index is 12.8. The largest absolute Gasteiger partial charge is 0.493 e. The Kier molecular flexibility index (Phi) is 6.19. The highest BCUT2D eigenvalue weighted by molar-refractivity contribution is 6.32. The van der Waals surface area contributed by atoms with Gasteiger partial charge in [-0.15, -0.1) is 0 Å². The van der Waals surface area contributed by atoms with E-state index in [1.54, 1.807) is 25.1 Å². The molecule has 0 aromatic heterocycles. The minimum Gasteiger partial charge on any atom is -0.493 e. The molecule has 0 aliphatic carbocycles.